The maximum absolute atomic E-state index is 10.6. The Hall–Kier alpha value is -1.82. The van der Waals surface area contributed by atoms with Crippen LogP contribution in [0.1, 0.15) is 10.5 Å². The number of benzene rings is 1. The van der Waals surface area contributed by atoms with Crippen LogP contribution in [0, 0.1) is 0 Å². The van der Waals surface area contributed by atoms with Crippen LogP contribution in [0.15, 0.2) is 41.0 Å². The number of carbonyl (C=O) groups is 1. The van der Waals surface area contributed by atoms with Crippen LogP contribution >= 0.6 is 15.9 Å². The Bertz CT molecular complexity index is 539. The number of hydrogen-bond donors (Lipinski definition) is 1. The molecule has 17 heavy (non-hydrogen) atoms. The SMILES string of the molecule is O=C(O)c1ccn(COc2cccc(Br)c2)n1. The van der Waals surface area contributed by atoms with Gasteiger partial charge in [-0.25, -0.2) is 9.48 Å². The van der Waals surface area contributed by atoms with Crippen molar-refractivity contribution >= 4 is 21.9 Å². The normalized spacial score (nSPS) is 10.2. The largest absolute Gasteiger partial charge is 0.476 e. The zero-order valence-electron chi connectivity index (χ0n) is 8.71. The molecular weight excluding hydrogens is 288 g/mol. The summed E-state index contributed by atoms with van der Waals surface area (Å²) in [7, 11) is 0. The standard InChI is InChI=1S/C11H9BrN2O3/c12-8-2-1-3-9(6-8)17-7-14-5-4-10(13-14)11(15)16/h1-6H,7H2,(H,15,16). The summed E-state index contributed by atoms with van der Waals surface area (Å²) in [5.41, 5.74) is 0.00263. The molecule has 0 amide bonds. The van der Waals surface area contributed by atoms with Crippen LogP contribution < -0.4 is 4.74 Å². The minimum Gasteiger partial charge on any atom is -0.476 e. The van der Waals surface area contributed by atoms with Gasteiger partial charge in [-0.15, -0.1) is 0 Å². The molecule has 6 heteroatoms. The second-order valence-corrected chi connectivity index (χ2v) is 4.19. The van der Waals surface area contributed by atoms with E-state index in [0.29, 0.717) is 5.75 Å². The maximum Gasteiger partial charge on any atom is 0.356 e. The van der Waals surface area contributed by atoms with E-state index in [2.05, 4.69) is 21.0 Å². The average Bonchev–Trinajstić information content (AvgIpc) is 2.75. The first-order valence-electron chi connectivity index (χ1n) is 4.80. The number of nitrogens with zero attached hydrogens (tertiary/aromatic N) is 2. The van der Waals surface area contributed by atoms with E-state index in [-0.39, 0.29) is 12.4 Å². The summed E-state index contributed by atoms with van der Waals surface area (Å²) in [4.78, 5) is 10.6. The molecule has 1 aromatic carbocycles. The highest BCUT2D eigenvalue weighted by Crippen LogP contribution is 2.17. The van der Waals surface area contributed by atoms with Crippen molar-refractivity contribution in [1.29, 1.82) is 0 Å². The number of carboxylic acid groups (broad SMARTS) is 1. The van der Waals surface area contributed by atoms with E-state index in [1.807, 2.05) is 24.3 Å². The lowest BCUT2D eigenvalue weighted by Crippen LogP contribution is -2.07. The summed E-state index contributed by atoms with van der Waals surface area (Å²) in [6.07, 6.45) is 1.56. The zero-order valence-corrected chi connectivity index (χ0v) is 10.3. The number of aromatic carboxylic acids is 1. The molecule has 0 bridgehead atoms. The molecule has 2 aromatic rings. The van der Waals surface area contributed by atoms with Gasteiger partial charge in [-0.1, -0.05) is 22.0 Å². The molecule has 0 saturated carbocycles. The van der Waals surface area contributed by atoms with Gasteiger partial charge in [0, 0.05) is 10.7 Å². The lowest BCUT2D eigenvalue weighted by Gasteiger charge is -2.05. The summed E-state index contributed by atoms with van der Waals surface area (Å²) in [5, 5.41) is 12.5. The number of rotatable bonds is 4. The van der Waals surface area contributed by atoms with Gasteiger partial charge in [-0.05, 0) is 24.3 Å². The molecule has 2 rings (SSSR count). The molecule has 5 nitrogen and oxygen atoms in total. The van der Waals surface area contributed by atoms with Crippen molar-refractivity contribution < 1.29 is 14.6 Å². The van der Waals surface area contributed by atoms with Crippen molar-refractivity contribution in [3.05, 3.63) is 46.7 Å². The van der Waals surface area contributed by atoms with Crippen molar-refractivity contribution in [1.82, 2.24) is 9.78 Å². The molecule has 0 unspecified atom stereocenters. The summed E-state index contributed by atoms with van der Waals surface area (Å²) in [5.74, 6) is -0.363. The molecule has 0 atom stereocenters. The molecule has 0 aliphatic heterocycles. The molecule has 0 aliphatic carbocycles. The predicted octanol–water partition coefficient (Wildman–Crippen LogP) is 2.38. The third-order valence-electron chi connectivity index (χ3n) is 2.02. The van der Waals surface area contributed by atoms with Gasteiger partial charge in [0.05, 0.1) is 0 Å². The van der Waals surface area contributed by atoms with Crippen LogP contribution in [0.5, 0.6) is 5.75 Å². The number of carboxylic acids is 1. The Morgan fingerprint density at radius 1 is 1.47 bits per heavy atom. The Balaban J connectivity index is 2.00. The highest BCUT2D eigenvalue weighted by molar-refractivity contribution is 9.10. The molecule has 1 N–H and O–H groups in total. The Labute approximate surface area is 106 Å². The second kappa shape index (κ2) is 5.01. The minimum absolute atomic E-state index is 0.00263. The number of aromatic nitrogens is 2. The summed E-state index contributed by atoms with van der Waals surface area (Å²) in [6, 6.07) is 8.80. The van der Waals surface area contributed by atoms with Crippen molar-refractivity contribution in [2.45, 2.75) is 6.73 Å². The third-order valence-corrected chi connectivity index (χ3v) is 2.51. The number of ether oxygens (including phenoxy) is 1. The summed E-state index contributed by atoms with van der Waals surface area (Å²) < 4.78 is 7.78. The quantitative estimate of drug-likeness (QED) is 0.941. The third kappa shape index (κ3) is 3.07. The lowest BCUT2D eigenvalue weighted by atomic mass is 10.3. The van der Waals surface area contributed by atoms with Crippen LogP contribution in [0.25, 0.3) is 0 Å². The molecule has 0 fully saturated rings. The molecular formula is C11H9BrN2O3. The topological polar surface area (TPSA) is 64.3 Å². The van der Waals surface area contributed by atoms with Crippen LogP contribution in [0.3, 0.4) is 0 Å². The van der Waals surface area contributed by atoms with E-state index in [4.69, 9.17) is 9.84 Å². The van der Waals surface area contributed by atoms with Crippen LogP contribution in [-0.2, 0) is 6.73 Å². The van der Waals surface area contributed by atoms with Crippen LogP contribution in [0.4, 0.5) is 0 Å². The predicted molar refractivity (Wildman–Crippen MR) is 64.0 cm³/mol. The van der Waals surface area contributed by atoms with Crippen molar-refractivity contribution in [2.75, 3.05) is 0 Å². The lowest BCUT2D eigenvalue weighted by molar-refractivity contribution is 0.0688. The number of hydrogen-bond acceptors (Lipinski definition) is 3. The first-order chi connectivity index (χ1) is 8.15. The van der Waals surface area contributed by atoms with Gasteiger partial charge in [0.15, 0.2) is 12.4 Å². The van der Waals surface area contributed by atoms with E-state index in [9.17, 15) is 4.79 Å². The Morgan fingerprint density at radius 2 is 2.29 bits per heavy atom. The van der Waals surface area contributed by atoms with Gasteiger partial charge in [0.25, 0.3) is 0 Å². The highest BCUT2D eigenvalue weighted by Gasteiger charge is 2.06. The molecule has 0 radical (unpaired) electrons. The van der Waals surface area contributed by atoms with Crippen molar-refractivity contribution in [3.63, 3.8) is 0 Å². The first-order valence-corrected chi connectivity index (χ1v) is 5.59. The van der Waals surface area contributed by atoms with E-state index in [1.54, 1.807) is 6.20 Å². The van der Waals surface area contributed by atoms with E-state index >= 15 is 0 Å². The van der Waals surface area contributed by atoms with Gasteiger partial charge in [0.2, 0.25) is 0 Å². The Kier molecular flexibility index (Phi) is 3.43. The van der Waals surface area contributed by atoms with Gasteiger partial charge in [-0.3, -0.25) is 0 Å². The first kappa shape index (κ1) is 11.7. The molecule has 0 aliphatic rings. The molecule has 1 heterocycles. The fourth-order valence-electron chi connectivity index (χ4n) is 1.25. The molecule has 0 spiro atoms. The number of halogens is 1. The summed E-state index contributed by atoms with van der Waals surface area (Å²) in [6.45, 7) is 0.170. The van der Waals surface area contributed by atoms with E-state index in [0.717, 1.165) is 4.47 Å². The highest BCUT2D eigenvalue weighted by atomic mass is 79.9. The smallest absolute Gasteiger partial charge is 0.356 e. The van der Waals surface area contributed by atoms with Crippen LogP contribution in [0.2, 0.25) is 0 Å². The monoisotopic (exact) mass is 296 g/mol. The minimum atomic E-state index is -1.05. The van der Waals surface area contributed by atoms with E-state index < -0.39 is 5.97 Å². The van der Waals surface area contributed by atoms with Gasteiger partial charge < -0.3 is 9.84 Å². The van der Waals surface area contributed by atoms with Gasteiger partial charge >= 0.3 is 5.97 Å². The fourth-order valence-corrected chi connectivity index (χ4v) is 1.62. The van der Waals surface area contributed by atoms with Gasteiger partial charge in [0.1, 0.15) is 5.75 Å². The van der Waals surface area contributed by atoms with Crippen LogP contribution in [-0.4, -0.2) is 20.9 Å². The summed E-state index contributed by atoms with van der Waals surface area (Å²) >= 11 is 3.33. The van der Waals surface area contributed by atoms with Gasteiger partial charge in [-0.2, -0.15) is 5.10 Å². The zero-order chi connectivity index (χ0) is 12.3. The second-order valence-electron chi connectivity index (χ2n) is 3.28. The maximum atomic E-state index is 10.6. The molecule has 0 saturated heterocycles. The van der Waals surface area contributed by atoms with Crippen molar-refractivity contribution in [3.8, 4) is 5.75 Å². The van der Waals surface area contributed by atoms with Crippen molar-refractivity contribution in [2.24, 2.45) is 0 Å². The van der Waals surface area contributed by atoms with E-state index in [1.165, 1.54) is 10.7 Å². The molecule has 88 valence electrons. The Morgan fingerprint density at radius 3 is 2.94 bits per heavy atom. The average molecular weight is 297 g/mol. The molecule has 1 aromatic heterocycles. The fraction of sp³-hybridized carbons (Fsp3) is 0.0909.